The topological polar surface area (TPSA) is 86.1 Å². The molecule has 142 valence electrons. The summed E-state index contributed by atoms with van der Waals surface area (Å²) in [5.74, 6) is 1.07. The van der Waals surface area contributed by atoms with E-state index in [4.69, 9.17) is 4.74 Å². The highest BCUT2D eigenvalue weighted by Crippen LogP contribution is 2.25. The minimum atomic E-state index is -0.324. The molecule has 0 saturated carbocycles. The number of ether oxygens (including phenoxy) is 1. The normalized spacial score (nSPS) is 10.9. The molecule has 1 aromatic carbocycles. The first kappa shape index (κ1) is 19.4. The second-order valence-corrected chi connectivity index (χ2v) is 8.16. The van der Waals surface area contributed by atoms with Crippen LogP contribution < -0.4 is 15.6 Å². The lowest BCUT2D eigenvalue weighted by atomic mass is 10.1. The third-order valence-corrected chi connectivity index (χ3v) is 5.58. The molecule has 0 aliphatic carbocycles. The van der Waals surface area contributed by atoms with Crippen molar-refractivity contribution in [2.75, 3.05) is 17.7 Å². The standard InChI is InChI=1S/C18H20N4O3S2/c1-3-9-22-10-8-12-13(16(22)24)6-5-7-14(12)25-11-15(23)19-17-20-21-18(27-17)26-4-2/h5-8,10H,3-4,9,11H2,1-2H3,(H,19,20,23). The molecule has 3 rings (SSSR count). The number of rotatable bonds is 8. The molecule has 0 aliphatic rings. The SMILES string of the molecule is CCCn1ccc2c(OCC(=O)Nc3nnc(SCC)s3)cccc2c1=O. The smallest absolute Gasteiger partial charge is 0.264 e. The Balaban J connectivity index is 1.70. The van der Waals surface area contributed by atoms with Gasteiger partial charge in [0.15, 0.2) is 10.9 Å². The van der Waals surface area contributed by atoms with Crippen molar-refractivity contribution in [3.8, 4) is 5.75 Å². The summed E-state index contributed by atoms with van der Waals surface area (Å²) in [4.78, 5) is 24.6. The summed E-state index contributed by atoms with van der Waals surface area (Å²) in [6, 6.07) is 7.12. The highest BCUT2D eigenvalue weighted by atomic mass is 32.2. The third-order valence-electron chi connectivity index (χ3n) is 3.72. The summed E-state index contributed by atoms with van der Waals surface area (Å²) in [5.41, 5.74) is -0.0564. The van der Waals surface area contributed by atoms with Crippen LogP contribution in [0.1, 0.15) is 20.3 Å². The van der Waals surface area contributed by atoms with Gasteiger partial charge in [0.2, 0.25) is 5.13 Å². The zero-order valence-corrected chi connectivity index (χ0v) is 16.7. The van der Waals surface area contributed by atoms with Crippen molar-refractivity contribution in [2.45, 2.75) is 31.2 Å². The maximum Gasteiger partial charge on any atom is 0.264 e. The van der Waals surface area contributed by atoms with Gasteiger partial charge in [0.1, 0.15) is 5.75 Å². The van der Waals surface area contributed by atoms with Gasteiger partial charge in [0.25, 0.3) is 11.5 Å². The average Bonchev–Trinajstić information content (AvgIpc) is 3.10. The Labute approximate surface area is 164 Å². The number of carbonyl (C=O) groups is 1. The number of amides is 1. The lowest BCUT2D eigenvalue weighted by molar-refractivity contribution is -0.118. The lowest BCUT2D eigenvalue weighted by Gasteiger charge is -2.10. The summed E-state index contributed by atoms with van der Waals surface area (Å²) in [6.07, 6.45) is 2.64. The maximum absolute atomic E-state index is 12.5. The second-order valence-electron chi connectivity index (χ2n) is 5.67. The Kier molecular flexibility index (Phi) is 6.46. The molecule has 9 heteroatoms. The van der Waals surface area contributed by atoms with E-state index in [9.17, 15) is 9.59 Å². The van der Waals surface area contributed by atoms with E-state index in [1.807, 2.05) is 19.9 Å². The molecule has 0 saturated heterocycles. The average molecular weight is 405 g/mol. The molecule has 0 bridgehead atoms. The molecule has 2 heterocycles. The van der Waals surface area contributed by atoms with Crippen LogP contribution in [-0.2, 0) is 11.3 Å². The molecule has 27 heavy (non-hydrogen) atoms. The number of nitrogens with one attached hydrogen (secondary N) is 1. The first-order valence-corrected chi connectivity index (χ1v) is 10.4. The molecule has 1 amide bonds. The molecule has 0 spiro atoms. The number of pyridine rings is 1. The Bertz CT molecular complexity index is 1000. The first-order valence-electron chi connectivity index (χ1n) is 8.63. The summed E-state index contributed by atoms with van der Waals surface area (Å²) in [7, 11) is 0. The van der Waals surface area contributed by atoms with Gasteiger partial charge in [-0.05, 0) is 30.4 Å². The number of fused-ring (bicyclic) bond motifs is 1. The van der Waals surface area contributed by atoms with Gasteiger partial charge in [0, 0.05) is 18.1 Å². The highest BCUT2D eigenvalue weighted by molar-refractivity contribution is 8.01. The Hall–Kier alpha value is -2.39. The summed E-state index contributed by atoms with van der Waals surface area (Å²) in [5, 5.41) is 12.3. The number of hydrogen-bond acceptors (Lipinski definition) is 7. The van der Waals surface area contributed by atoms with Gasteiger partial charge in [-0.3, -0.25) is 14.9 Å². The van der Waals surface area contributed by atoms with Gasteiger partial charge in [-0.25, -0.2) is 0 Å². The fraction of sp³-hybridized carbons (Fsp3) is 0.333. The molecule has 1 N–H and O–H groups in total. The largest absolute Gasteiger partial charge is 0.483 e. The number of hydrogen-bond donors (Lipinski definition) is 1. The molecule has 3 aromatic rings. The zero-order valence-electron chi connectivity index (χ0n) is 15.1. The van der Waals surface area contributed by atoms with E-state index in [2.05, 4.69) is 15.5 Å². The van der Waals surface area contributed by atoms with E-state index < -0.39 is 0 Å². The van der Waals surface area contributed by atoms with E-state index >= 15 is 0 Å². The van der Waals surface area contributed by atoms with Crippen molar-refractivity contribution in [3.05, 3.63) is 40.8 Å². The van der Waals surface area contributed by atoms with Gasteiger partial charge >= 0.3 is 0 Å². The summed E-state index contributed by atoms with van der Waals surface area (Å²) >= 11 is 2.90. The fourth-order valence-electron chi connectivity index (χ4n) is 2.57. The molecular weight excluding hydrogens is 384 g/mol. The predicted molar refractivity (Wildman–Crippen MR) is 109 cm³/mol. The van der Waals surface area contributed by atoms with Crippen LogP contribution in [0.3, 0.4) is 0 Å². The van der Waals surface area contributed by atoms with Crippen LogP contribution in [0.5, 0.6) is 5.75 Å². The Morgan fingerprint density at radius 3 is 2.89 bits per heavy atom. The zero-order chi connectivity index (χ0) is 19.2. The van der Waals surface area contributed by atoms with Crippen LogP contribution in [0.4, 0.5) is 5.13 Å². The van der Waals surface area contributed by atoms with Gasteiger partial charge in [-0.15, -0.1) is 10.2 Å². The summed E-state index contributed by atoms with van der Waals surface area (Å²) in [6.45, 7) is 4.55. The van der Waals surface area contributed by atoms with E-state index in [1.165, 1.54) is 11.3 Å². The van der Waals surface area contributed by atoms with Crippen molar-refractivity contribution in [1.82, 2.24) is 14.8 Å². The first-order chi connectivity index (χ1) is 13.1. The van der Waals surface area contributed by atoms with Gasteiger partial charge in [-0.2, -0.15) is 0 Å². The quantitative estimate of drug-likeness (QED) is 0.457. The number of aromatic nitrogens is 3. The van der Waals surface area contributed by atoms with E-state index in [0.29, 0.717) is 28.2 Å². The fourth-order valence-corrected chi connectivity index (χ4v) is 4.24. The number of benzene rings is 1. The van der Waals surface area contributed by atoms with Crippen molar-refractivity contribution in [2.24, 2.45) is 0 Å². The number of aryl methyl sites for hydroxylation is 1. The van der Waals surface area contributed by atoms with Crippen molar-refractivity contribution >= 4 is 44.9 Å². The van der Waals surface area contributed by atoms with Crippen molar-refractivity contribution < 1.29 is 9.53 Å². The summed E-state index contributed by atoms with van der Waals surface area (Å²) < 4.78 is 8.15. The highest BCUT2D eigenvalue weighted by Gasteiger charge is 2.11. The van der Waals surface area contributed by atoms with E-state index in [-0.39, 0.29) is 18.1 Å². The minimum Gasteiger partial charge on any atom is -0.483 e. The molecule has 2 aromatic heterocycles. The van der Waals surface area contributed by atoms with E-state index in [0.717, 1.165) is 16.5 Å². The van der Waals surface area contributed by atoms with Crippen LogP contribution in [0, 0.1) is 0 Å². The molecule has 0 unspecified atom stereocenters. The van der Waals surface area contributed by atoms with Crippen LogP contribution in [-0.4, -0.2) is 33.0 Å². The number of thioether (sulfide) groups is 1. The molecular formula is C18H20N4O3S2. The van der Waals surface area contributed by atoms with Crippen molar-refractivity contribution in [1.29, 1.82) is 0 Å². The lowest BCUT2D eigenvalue weighted by Crippen LogP contribution is -2.21. The molecule has 0 fully saturated rings. The Morgan fingerprint density at radius 2 is 2.11 bits per heavy atom. The molecule has 7 nitrogen and oxygen atoms in total. The van der Waals surface area contributed by atoms with E-state index in [1.54, 1.807) is 40.7 Å². The van der Waals surface area contributed by atoms with Gasteiger partial charge in [0.05, 0.1) is 5.39 Å². The third kappa shape index (κ3) is 4.67. The number of nitrogens with zero attached hydrogens (tertiary/aromatic N) is 3. The van der Waals surface area contributed by atoms with Crippen LogP contribution in [0.25, 0.3) is 10.8 Å². The Morgan fingerprint density at radius 1 is 1.26 bits per heavy atom. The predicted octanol–water partition coefficient (Wildman–Crippen LogP) is 3.39. The van der Waals surface area contributed by atoms with Crippen LogP contribution in [0.15, 0.2) is 39.6 Å². The number of carbonyl (C=O) groups excluding carboxylic acids is 1. The van der Waals surface area contributed by atoms with Gasteiger partial charge < -0.3 is 9.30 Å². The van der Waals surface area contributed by atoms with Crippen LogP contribution in [0.2, 0.25) is 0 Å². The molecule has 0 atom stereocenters. The maximum atomic E-state index is 12.5. The molecule has 0 radical (unpaired) electrons. The van der Waals surface area contributed by atoms with Gasteiger partial charge in [-0.1, -0.05) is 43.0 Å². The van der Waals surface area contributed by atoms with Crippen LogP contribution >= 0.6 is 23.1 Å². The molecule has 0 aliphatic heterocycles. The second kappa shape index (κ2) is 9.01. The minimum absolute atomic E-state index is 0.0564. The number of anilines is 1. The van der Waals surface area contributed by atoms with Crippen molar-refractivity contribution in [3.63, 3.8) is 0 Å². The monoisotopic (exact) mass is 404 g/mol.